The SMILES string of the molecule is O=C(O)CC[C@@H]1CCCCN1C(=O)Cn1ccc(=O)[nH]c1=O. The molecule has 1 amide bonds. The van der Waals surface area contributed by atoms with E-state index < -0.39 is 17.2 Å². The number of nitrogens with one attached hydrogen (secondary N) is 1. The summed E-state index contributed by atoms with van der Waals surface area (Å²) in [5.74, 6) is -1.11. The molecule has 2 heterocycles. The maximum atomic E-state index is 12.4. The molecule has 2 rings (SSSR count). The third-order valence-corrected chi connectivity index (χ3v) is 3.84. The molecule has 1 aliphatic rings. The van der Waals surface area contributed by atoms with Crippen molar-refractivity contribution in [1.82, 2.24) is 14.5 Å². The number of carboxylic acid groups (broad SMARTS) is 1. The van der Waals surface area contributed by atoms with Gasteiger partial charge in [-0.05, 0) is 25.7 Å². The van der Waals surface area contributed by atoms with Crippen LogP contribution in [0.2, 0.25) is 0 Å². The molecule has 0 unspecified atom stereocenters. The molecule has 22 heavy (non-hydrogen) atoms. The number of carbonyl (C=O) groups excluding carboxylic acids is 1. The van der Waals surface area contributed by atoms with Gasteiger partial charge in [0.05, 0.1) is 0 Å². The molecule has 1 saturated heterocycles. The second-order valence-corrected chi connectivity index (χ2v) is 5.41. The van der Waals surface area contributed by atoms with Gasteiger partial charge >= 0.3 is 11.7 Å². The van der Waals surface area contributed by atoms with Gasteiger partial charge in [0.2, 0.25) is 5.91 Å². The van der Waals surface area contributed by atoms with Crippen LogP contribution in [0.25, 0.3) is 0 Å². The van der Waals surface area contributed by atoms with Crippen molar-refractivity contribution in [3.05, 3.63) is 33.1 Å². The normalized spacial score (nSPS) is 18.2. The summed E-state index contributed by atoms with van der Waals surface area (Å²) in [5, 5.41) is 8.78. The number of likely N-dealkylation sites (tertiary alicyclic amines) is 1. The molecule has 1 aliphatic heterocycles. The lowest BCUT2D eigenvalue weighted by atomic mass is 9.98. The van der Waals surface area contributed by atoms with E-state index in [9.17, 15) is 19.2 Å². The van der Waals surface area contributed by atoms with E-state index in [1.807, 2.05) is 0 Å². The second-order valence-electron chi connectivity index (χ2n) is 5.41. The molecule has 8 heteroatoms. The average molecular weight is 309 g/mol. The van der Waals surface area contributed by atoms with Gasteiger partial charge in [-0.25, -0.2) is 4.79 Å². The van der Waals surface area contributed by atoms with Gasteiger partial charge in [0.25, 0.3) is 5.56 Å². The highest BCUT2D eigenvalue weighted by Crippen LogP contribution is 2.21. The van der Waals surface area contributed by atoms with Crippen LogP contribution in [0.15, 0.2) is 21.9 Å². The van der Waals surface area contributed by atoms with E-state index in [4.69, 9.17) is 5.11 Å². The minimum Gasteiger partial charge on any atom is -0.481 e. The summed E-state index contributed by atoms with van der Waals surface area (Å²) in [4.78, 5) is 49.5. The molecular weight excluding hydrogens is 290 g/mol. The first-order valence-electron chi connectivity index (χ1n) is 7.28. The lowest BCUT2D eigenvalue weighted by molar-refractivity contribution is -0.140. The minimum absolute atomic E-state index is 0.0209. The summed E-state index contributed by atoms with van der Waals surface area (Å²) in [6, 6.07) is 1.09. The summed E-state index contributed by atoms with van der Waals surface area (Å²) in [7, 11) is 0. The Balaban J connectivity index is 2.06. The molecule has 0 radical (unpaired) electrons. The predicted molar refractivity (Wildman–Crippen MR) is 77.5 cm³/mol. The van der Waals surface area contributed by atoms with Crippen LogP contribution in [-0.4, -0.2) is 44.0 Å². The van der Waals surface area contributed by atoms with Gasteiger partial charge in [0, 0.05) is 31.3 Å². The molecule has 0 spiro atoms. The summed E-state index contributed by atoms with van der Waals surface area (Å²) in [6.45, 7) is 0.417. The van der Waals surface area contributed by atoms with E-state index in [0.29, 0.717) is 13.0 Å². The molecule has 1 fully saturated rings. The highest BCUT2D eigenvalue weighted by atomic mass is 16.4. The number of nitrogens with zero attached hydrogens (tertiary/aromatic N) is 2. The standard InChI is InChI=1S/C14H19N3O5/c18-11-6-8-16(14(22)15-11)9-12(19)17-7-2-1-3-10(17)4-5-13(20)21/h6,8,10H,1-5,7,9H2,(H,20,21)(H,15,18,22)/t10-/m0/s1. The second kappa shape index (κ2) is 7.06. The maximum absolute atomic E-state index is 12.4. The average Bonchev–Trinajstić information content (AvgIpc) is 2.48. The molecule has 120 valence electrons. The molecule has 8 nitrogen and oxygen atoms in total. The molecule has 1 atom stereocenters. The van der Waals surface area contributed by atoms with Crippen molar-refractivity contribution in [1.29, 1.82) is 0 Å². The highest BCUT2D eigenvalue weighted by Gasteiger charge is 2.27. The summed E-state index contributed by atoms with van der Waals surface area (Å²) in [5.41, 5.74) is -1.13. The Labute approximate surface area is 126 Å². The Bertz CT molecular complexity index is 663. The number of piperidine rings is 1. The fourth-order valence-electron chi connectivity index (χ4n) is 2.72. The Morgan fingerprint density at radius 1 is 1.32 bits per heavy atom. The number of hydrogen-bond acceptors (Lipinski definition) is 4. The topological polar surface area (TPSA) is 112 Å². The van der Waals surface area contributed by atoms with Crippen LogP contribution >= 0.6 is 0 Å². The largest absolute Gasteiger partial charge is 0.481 e. The van der Waals surface area contributed by atoms with Crippen LogP contribution in [0.4, 0.5) is 0 Å². The molecule has 0 aliphatic carbocycles. The quantitative estimate of drug-likeness (QED) is 0.781. The lowest BCUT2D eigenvalue weighted by Gasteiger charge is -2.35. The maximum Gasteiger partial charge on any atom is 0.328 e. The molecule has 0 aromatic carbocycles. The monoisotopic (exact) mass is 309 g/mol. The molecule has 0 bridgehead atoms. The summed E-state index contributed by atoms with van der Waals surface area (Å²) < 4.78 is 1.15. The molecular formula is C14H19N3O5. The van der Waals surface area contributed by atoms with Crippen molar-refractivity contribution in [2.75, 3.05) is 6.54 Å². The number of carbonyl (C=O) groups is 2. The smallest absolute Gasteiger partial charge is 0.328 e. The van der Waals surface area contributed by atoms with Crippen LogP contribution in [0.1, 0.15) is 32.1 Å². The van der Waals surface area contributed by atoms with E-state index in [1.54, 1.807) is 4.90 Å². The molecule has 0 saturated carbocycles. The van der Waals surface area contributed by atoms with Gasteiger partial charge in [-0.15, -0.1) is 0 Å². The zero-order valence-corrected chi connectivity index (χ0v) is 12.2. The van der Waals surface area contributed by atoms with Crippen LogP contribution in [0.3, 0.4) is 0 Å². The van der Waals surface area contributed by atoms with E-state index in [0.717, 1.165) is 23.8 Å². The summed E-state index contributed by atoms with van der Waals surface area (Å²) >= 11 is 0. The predicted octanol–water partition coefficient (Wildman–Crippen LogP) is -0.217. The van der Waals surface area contributed by atoms with E-state index in [-0.39, 0.29) is 24.9 Å². The Hall–Kier alpha value is -2.38. The Morgan fingerprint density at radius 3 is 2.77 bits per heavy atom. The number of hydrogen-bond donors (Lipinski definition) is 2. The van der Waals surface area contributed by atoms with Gasteiger partial charge in [-0.2, -0.15) is 0 Å². The fourth-order valence-corrected chi connectivity index (χ4v) is 2.72. The first-order chi connectivity index (χ1) is 10.5. The van der Waals surface area contributed by atoms with Crippen LogP contribution in [-0.2, 0) is 16.1 Å². The van der Waals surface area contributed by atoms with Crippen molar-refractivity contribution < 1.29 is 14.7 Å². The number of aromatic amines is 1. The van der Waals surface area contributed by atoms with Crippen molar-refractivity contribution >= 4 is 11.9 Å². The van der Waals surface area contributed by atoms with Crippen LogP contribution < -0.4 is 11.2 Å². The highest BCUT2D eigenvalue weighted by molar-refractivity contribution is 5.76. The number of amides is 1. The van der Waals surface area contributed by atoms with E-state index in [1.165, 1.54) is 12.3 Å². The number of H-pyrrole nitrogens is 1. The Kier molecular flexibility index (Phi) is 5.13. The van der Waals surface area contributed by atoms with Gasteiger partial charge in [0.1, 0.15) is 6.54 Å². The Morgan fingerprint density at radius 2 is 2.09 bits per heavy atom. The first-order valence-corrected chi connectivity index (χ1v) is 7.28. The van der Waals surface area contributed by atoms with Crippen molar-refractivity contribution in [3.63, 3.8) is 0 Å². The molecule has 1 aromatic rings. The van der Waals surface area contributed by atoms with Crippen LogP contribution in [0, 0.1) is 0 Å². The fraction of sp³-hybridized carbons (Fsp3) is 0.571. The van der Waals surface area contributed by atoms with Gasteiger partial charge < -0.3 is 10.0 Å². The number of aliphatic carboxylic acids is 1. The zero-order valence-electron chi connectivity index (χ0n) is 12.2. The summed E-state index contributed by atoms with van der Waals surface area (Å²) in [6.07, 6.45) is 4.34. The third-order valence-electron chi connectivity index (χ3n) is 3.84. The third kappa shape index (κ3) is 4.06. The van der Waals surface area contributed by atoms with E-state index >= 15 is 0 Å². The van der Waals surface area contributed by atoms with Gasteiger partial charge in [0.15, 0.2) is 0 Å². The van der Waals surface area contributed by atoms with Crippen LogP contribution in [0.5, 0.6) is 0 Å². The minimum atomic E-state index is -0.880. The van der Waals surface area contributed by atoms with Gasteiger partial charge in [-0.1, -0.05) is 0 Å². The first kappa shape index (κ1) is 16.0. The van der Waals surface area contributed by atoms with Crippen molar-refractivity contribution in [2.24, 2.45) is 0 Å². The van der Waals surface area contributed by atoms with Gasteiger partial charge in [-0.3, -0.25) is 23.9 Å². The van der Waals surface area contributed by atoms with Crippen molar-refractivity contribution in [2.45, 2.75) is 44.7 Å². The number of rotatable bonds is 5. The molecule has 2 N–H and O–H groups in total. The van der Waals surface area contributed by atoms with Crippen molar-refractivity contribution in [3.8, 4) is 0 Å². The number of carboxylic acids is 1. The lowest BCUT2D eigenvalue weighted by Crippen LogP contribution is -2.46. The molecule has 1 aromatic heterocycles. The van der Waals surface area contributed by atoms with E-state index in [2.05, 4.69) is 4.98 Å². The zero-order chi connectivity index (χ0) is 16.1. The number of aromatic nitrogens is 2.